The van der Waals surface area contributed by atoms with E-state index in [9.17, 15) is 10.1 Å². The van der Waals surface area contributed by atoms with Crippen molar-refractivity contribution in [1.29, 1.82) is 0 Å². The molecule has 6 heteroatoms. The fraction of sp³-hybridized carbons (Fsp3) is 0.667. The predicted octanol–water partition coefficient (Wildman–Crippen LogP) is 4.89. The van der Waals surface area contributed by atoms with E-state index in [1.54, 1.807) is 13.0 Å². The zero-order chi connectivity index (χ0) is 18.1. The van der Waals surface area contributed by atoms with Crippen LogP contribution in [0.1, 0.15) is 39.2 Å². The van der Waals surface area contributed by atoms with Crippen LogP contribution in [-0.2, 0) is 4.43 Å². The Hall–Kier alpha value is -1.40. The maximum absolute atomic E-state index is 11.0. The van der Waals surface area contributed by atoms with Gasteiger partial charge in [0.1, 0.15) is 0 Å². The molecule has 0 spiro atoms. The molecule has 1 aromatic rings. The molecule has 1 saturated heterocycles. The first-order chi connectivity index (χ1) is 11.0. The molecule has 0 N–H and O–H groups in total. The molecule has 0 amide bonds. The van der Waals surface area contributed by atoms with E-state index >= 15 is 0 Å². The first-order valence-corrected chi connectivity index (χ1v) is 11.6. The number of nitro groups is 1. The molecule has 0 saturated carbocycles. The van der Waals surface area contributed by atoms with Crippen molar-refractivity contribution in [3.63, 3.8) is 0 Å². The molecule has 134 valence electrons. The molecule has 5 nitrogen and oxygen atoms in total. The maximum atomic E-state index is 11.0. The van der Waals surface area contributed by atoms with E-state index in [2.05, 4.69) is 38.8 Å². The van der Waals surface area contributed by atoms with E-state index in [0.717, 1.165) is 31.7 Å². The van der Waals surface area contributed by atoms with Crippen LogP contribution in [0, 0.1) is 17.0 Å². The summed E-state index contributed by atoms with van der Waals surface area (Å²) in [5.74, 6) is 0. The van der Waals surface area contributed by atoms with E-state index in [1.165, 1.54) is 0 Å². The van der Waals surface area contributed by atoms with E-state index in [1.807, 2.05) is 12.1 Å². The summed E-state index contributed by atoms with van der Waals surface area (Å²) in [5.41, 5.74) is 1.97. The van der Waals surface area contributed by atoms with Gasteiger partial charge < -0.3 is 9.33 Å². The molecule has 24 heavy (non-hydrogen) atoms. The summed E-state index contributed by atoms with van der Waals surface area (Å²) < 4.78 is 6.41. The fourth-order valence-electron chi connectivity index (χ4n) is 2.89. The zero-order valence-corrected chi connectivity index (χ0v) is 16.8. The van der Waals surface area contributed by atoms with Gasteiger partial charge in [0.15, 0.2) is 8.32 Å². The maximum Gasteiger partial charge on any atom is 0.272 e. The molecule has 1 heterocycles. The Morgan fingerprint density at radius 3 is 2.58 bits per heavy atom. The normalized spacial score (nSPS) is 18.9. The van der Waals surface area contributed by atoms with Crippen molar-refractivity contribution in [2.45, 2.75) is 64.7 Å². The van der Waals surface area contributed by atoms with Gasteiger partial charge in [-0.05, 0) is 50.0 Å². The van der Waals surface area contributed by atoms with E-state index < -0.39 is 8.32 Å². The van der Waals surface area contributed by atoms with Gasteiger partial charge in [-0.25, -0.2) is 0 Å². The van der Waals surface area contributed by atoms with Crippen molar-refractivity contribution in [3.8, 4) is 0 Å². The minimum atomic E-state index is -1.75. The topological polar surface area (TPSA) is 55.6 Å². The first-order valence-electron chi connectivity index (χ1n) is 8.68. The van der Waals surface area contributed by atoms with Crippen molar-refractivity contribution in [1.82, 2.24) is 0 Å². The van der Waals surface area contributed by atoms with Gasteiger partial charge in [0, 0.05) is 23.9 Å². The second-order valence-corrected chi connectivity index (χ2v) is 13.1. The Bertz CT molecular complexity index is 611. The van der Waals surface area contributed by atoms with Crippen LogP contribution in [0.2, 0.25) is 18.1 Å². The number of hydrogen-bond acceptors (Lipinski definition) is 4. The minimum Gasteiger partial charge on any atom is -0.415 e. The Kier molecular flexibility index (Phi) is 5.40. The van der Waals surface area contributed by atoms with Crippen LogP contribution in [0.3, 0.4) is 0 Å². The summed E-state index contributed by atoms with van der Waals surface area (Å²) in [5, 5.41) is 11.2. The van der Waals surface area contributed by atoms with Crippen molar-refractivity contribution < 1.29 is 9.35 Å². The third-order valence-electron chi connectivity index (χ3n) is 5.53. The number of hydrogen-bond donors (Lipinski definition) is 0. The molecule has 1 atom stereocenters. The Morgan fingerprint density at radius 2 is 2.04 bits per heavy atom. The van der Waals surface area contributed by atoms with Crippen LogP contribution in [0.15, 0.2) is 18.2 Å². The minimum absolute atomic E-state index is 0.187. The summed E-state index contributed by atoms with van der Waals surface area (Å²) >= 11 is 0. The monoisotopic (exact) mass is 350 g/mol. The number of benzene rings is 1. The second-order valence-electron chi connectivity index (χ2n) is 8.29. The second kappa shape index (κ2) is 6.84. The van der Waals surface area contributed by atoms with Gasteiger partial charge in [-0.2, -0.15) is 0 Å². The number of rotatable bonds is 5. The average Bonchev–Trinajstić information content (AvgIpc) is 2.91. The lowest BCUT2D eigenvalue weighted by Crippen LogP contribution is -2.44. The summed E-state index contributed by atoms with van der Waals surface area (Å²) in [7, 11) is -1.75. The predicted molar refractivity (Wildman–Crippen MR) is 101 cm³/mol. The molecular weight excluding hydrogens is 320 g/mol. The van der Waals surface area contributed by atoms with E-state index in [-0.39, 0.29) is 15.6 Å². The Morgan fingerprint density at radius 1 is 1.38 bits per heavy atom. The highest BCUT2D eigenvalue weighted by atomic mass is 28.4. The van der Waals surface area contributed by atoms with E-state index in [4.69, 9.17) is 4.43 Å². The van der Waals surface area contributed by atoms with Gasteiger partial charge in [-0.3, -0.25) is 10.1 Å². The highest BCUT2D eigenvalue weighted by Crippen LogP contribution is 2.37. The zero-order valence-electron chi connectivity index (χ0n) is 15.8. The molecule has 0 bridgehead atoms. The Labute approximate surface area is 146 Å². The summed E-state index contributed by atoms with van der Waals surface area (Å²) in [4.78, 5) is 13.0. The third-order valence-corrected chi connectivity index (χ3v) is 10.0. The highest BCUT2D eigenvalue weighted by Gasteiger charge is 2.38. The van der Waals surface area contributed by atoms with Gasteiger partial charge in [-0.15, -0.1) is 0 Å². The number of nitro benzene ring substituents is 1. The summed E-state index contributed by atoms with van der Waals surface area (Å²) in [6, 6.07) is 5.79. The SMILES string of the molecule is Cc1cc(N2CCC[C@@H]2CO[Si](C)(C)C(C)(C)C)ccc1[N+](=O)[O-]. The van der Waals surface area contributed by atoms with E-state index in [0.29, 0.717) is 11.6 Å². The summed E-state index contributed by atoms with van der Waals surface area (Å²) in [6.07, 6.45) is 2.26. The first kappa shape index (κ1) is 18.9. The molecule has 1 aliphatic rings. The smallest absolute Gasteiger partial charge is 0.272 e. The molecule has 0 aromatic heterocycles. The van der Waals surface area contributed by atoms with Gasteiger partial charge >= 0.3 is 0 Å². The molecule has 1 fully saturated rings. The molecule has 2 rings (SSSR count). The molecule has 1 aliphatic heterocycles. The van der Waals surface area contributed by atoms with Gasteiger partial charge in [-0.1, -0.05) is 20.8 Å². The van der Waals surface area contributed by atoms with Crippen LogP contribution in [0.25, 0.3) is 0 Å². The lowest BCUT2D eigenvalue weighted by molar-refractivity contribution is -0.385. The standard InChI is InChI=1S/C18H30N2O3Si/c1-14-12-15(9-10-17(14)20(21)22)19-11-7-8-16(19)13-23-24(5,6)18(2,3)4/h9-10,12,16H,7-8,11,13H2,1-6H3/t16-/m1/s1. The van der Waals surface area contributed by atoms with Crippen molar-refractivity contribution in [2.75, 3.05) is 18.1 Å². The lowest BCUT2D eigenvalue weighted by Gasteiger charge is -2.38. The molecule has 0 aliphatic carbocycles. The van der Waals surface area contributed by atoms with Crippen LogP contribution < -0.4 is 4.90 Å². The van der Waals surface area contributed by atoms with Gasteiger partial charge in [0.05, 0.1) is 17.6 Å². The third kappa shape index (κ3) is 3.98. The highest BCUT2D eigenvalue weighted by molar-refractivity contribution is 6.74. The lowest BCUT2D eigenvalue weighted by atomic mass is 10.1. The average molecular weight is 351 g/mol. The largest absolute Gasteiger partial charge is 0.415 e. The molecule has 0 unspecified atom stereocenters. The summed E-state index contributed by atoms with van der Waals surface area (Å²) in [6.45, 7) is 14.9. The molecule has 0 radical (unpaired) electrons. The van der Waals surface area contributed by atoms with Gasteiger partial charge in [0.25, 0.3) is 5.69 Å². The van der Waals surface area contributed by atoms with Crippen molar-refractivity contribution >= 4 is 19.7 Å². The fourth-order valence-corrected chi connectivity index (χ4v) is 3.94. The van der Waals surface area contributed by atoms with Crippen LogP contribution >= 0.6 is 0 Å². The number of aryl methyl sites for hydroxylation is 1. The number of nitrogens with zero attached hydrogens (tertiary/aromatic N) is 2. The van der Waals surface area contributed by atoms with Crippen LogP contribution in [-0.4, -0.2) is 32.4 Å². The van der Waals surface area contributed by atoms with Crippen molar-refractivity contribution in [2.24, 2.45) is 0 Å². The van der Waals surface area contributed by atoms with Crippen molar-refractivity contribution in [3.05, 3.63) is 33.9 Å². The van der Waals surface area contributed by atoms with Crippen LogP contribution in [0.4, 0.5) is 11.4 Å². The molecule has 1 aromatic carbocycles. The quantitative estimate of drug-likeness (QED) is 0.431. The Balaban J connectivity index is 2.11. The number of anilines is 1. The van der Waals surface area contributed by atoms with Gasteiger partial charge in [0.2, 0.25) is 0 Å². The van der Waals surface area contributed by atoms with Crippen LogP contribution in [0.5, 0.6) is 0 Å². The molecular formula is C18H30N2O3Si.